The third kappa shape index (κ3) is 3.22. The molecule has 3 rings (SSSR count). The van der Waals surface area contributed by atoms with E-state index in [0.29, 0.717) is 29.1 Å². The van der Waals surface area contributed by atoms with Gasteiger partial charge in [-0.3, -0.25) is 9.59 Å². The van der Waals surface area contributed by atoms with E-state index in [1.165, 1.54) is 9.56 Å². The fraction of sp³-hybridized carbons (Fsp3) is 0.647. The molecular formula is C17H23N3O3S. The minimum absolute atomic E-state index is 0.0289. The third-order valence-electron chi connectivity index (χ3n) is 4.92. The van der Waals surface area contributed by atoms with Gasteiger partial charge >= 0.3 is 5.97 Å². The predicted octanol–water partition coefficient (Wildman–Crippen LogP) is 2.87. The fourth-order valence-electron chi connectivity index (χ4n) is 3.39. The van der Waals surface area contributed by atoms with Crippen molar-refractivity contribution in [1.29, 1.82) is 0 Å². The first-order valence-corrected chi connectivity index (χ1v) is 9.19. The van der Waals surface area contributed by atoms with Gasteiger partial charge in [-0.25, -0.2) is 4.68 Å². The zero-order valence-corrected chi connectivity index (χ0v) is 15.2. The Balaban J connectivity index is 1.93. The van der Waals surface area contributed by atoms with Gasteiger partial charge in [0, 0.05) is 17.8 Å². The van der Waals surface area contributed by atoms with Crippen molar-refractivity contribution in [2.24, 2.45) is 11.3 Å². The van der Waals surface area contributed by atoms with Crippen LogP contribution in [0.25, 0.3) is 10.2 Å². The van der Waals surface area contributed by atoms with Gasteiger partial charge in [0.1, 0.15) is 0 Å². The first kappa shape index (κ1) is 17.1. The minimum atomic E-state index is -0.863. The molecule has 6 nitrogen and oxygen atoms in total. The zero-order valence-electron chi connectivity index (χ0n) is 14.3. The Kier molecular flexibility index (Phi) is 4.46. The van der Waals surface area contributed by atoms with E-state index in [-0.39, 0.29) is 17.4 Å². The van der Waals surface area contributed by atoms with Crippen molar-refractivity contribution in [3.63, 3.8) is 0 Å². The Bertz CT molecular complexity index is 832. The molecule has 0 amide bonds. The summed E-state index contributed by atoms with van der Waals surface area (Å²) < 4.78 is 1.31. The van der Waals surface area contributed by atoms with Crippen LogP contribution in [0.4, 0.5) is 0 Å². The maximum absolute atomic E-state index is 12.7. The third-order valence-corrected chi connectivity index (χ3v) is 6.06. The molecule has 0 aromatic carbocycles. The van der Waals surface area contributed by atoms with Gasteiger partial charge in [-0.1, -0.05) is 26.0 Å². The number of nitrogens with zero attached hydrogens (tertiary/aromatic N) is 3. The smallest absolute Gasteiger partial charge is 0.303 e. The Morgan fingerprint density at radius 1 is 1.42 bits per heavy atom. The molecule has 130 valence electrons. The van der Waals surface area contributed by atoms with Crippen LogP contribution in [0.2, 0.25) is 0 Å². The van der Waals surface area contributed by atoms with Crippen molar-refractivity contribution in [1.82, 2.24) is 15.0 Å². The Morgan fingerprint density at radius 2 is 2.17 bits per heavy atom. The van der Waals surface area contributed by atoms with Crippen molar-refractivity contribution >= 4 is 27.5 Å². The van der Waals surface area contributed by atoms with Crippen molar-refractivity contribution in [2.75, 3.05) is 0 Å². The molecule has 2 aromatic rings. The van der Waals surface area contributed by atoms with Gasteiger partial charge in [-0.2, -0.15) is 0 Å². The van der Waals surface area contributed by atoms with Crippen molar-refractivity contribution in [3.05, 3.63) is 20.8 Å². The Hall–Kier alpha value is -1.76. The number of aliphatic carboxylic acids is 1. The average molecular weight is 349 g/mol. The van der Waals surface area contributed by atoms with Crippen LogP contribution in [0.5, 0.6) is 0 Å². The summed E-state index contributed by atoms with van der Waals surface area (Å²) in [6.45, 7) is 7.10. The summed E-state index contributed by atoms with van der Waals surface area (Å²) in [4.78, 5) is 25.3. The fourth-order valence-corrected chi connectivity index (χ4v) is 4.63. The molecule has 0 saturated heterocycles. The van der Waals surface area contributed by atoms with Gasteiger partial charge in [0.25, 0.3) is 5.56 Å². The summed E-state index contributed by atoms with van der Waals surface area (Å²) in [5, 5.41) is 17.6. The molecule has 1 N–H and O–H groups in total. The van der Waals surface area contributed by atoms with Gasteiger partial charge in [-0.15, -0.1) is 16.4 Å². The monoisotopic (exact) mass is 349 g/mol. The molecule has 1 atom stereocenters. The molecule has 1 aliphatic carbocycles. The van der Waals surface area contributed by atoms with Crippen LogP contribution < -0.4 is 5.56 Å². The van der Waals surface area contributed by atoms with Crippen LogP contribution in [0.1, 0.15) is 50.5 Å². The molecule has 24 heavy (non-hydrogen) atoms. The minimum Gasteiger partial charge on any atom is -0.481 e. The summed E-state index contributed by atoms with van der Waals surface area (Å²) in [6, 6.07) is 0. The second-order valence-electron chi connectivity index (χ2n) is 7.60. The molecule has 2 aromatic heterocycles. The highest BCUT2D eigenvalue weighted by molar-refractivity contribution is 7.18. The summed E-state index contributed by atoms with van der Waals surface area (Å²) in [5.74, 6) is -0.248. The van der Waals surface area contributed by atoms with Gasteiger partial charge in [0.05, 0.1) is 5.39 Å². The van der Waals surface area contributed by atoms with E-state index < -0.39 is 5.97 Å². The Morgan fingerprint density at radius 3 is 2.83 bits per heavy atom. The lowest BCUT2D eigenvalue weighted by Crippen LogP contribution is -2.27. The lowest BCUT2D eigenvalue weighted by atomic mass is 9.72. The van der Waals surface area contributed by atoms with Gasteiger partial charge < -0.3 is 5.11 Å². The van der Waals surface area contributed by atoms with E-state index in [4.69, 9.17) is 5.11 Å². The zero-order chi connectivity index (χ0) is 17.5. The Labute approximate surface area is 144 Å². The van der Waals surface area contributed by atoms with Crippen molar-refractivity contribution in [2.45, 2.75) is 59.4 Å². The van der Waals surface area contributed by atoms with Crippen LogP contribution in [0.3, 0.4) is 0 Å². The summed E-state index contributed by atoms with van der Waals surface area (Å²) >= 11 is 1.59. The molecule has 0 bridgehead atoms. The maximum Gasteiger partial charge on any atom is 0.303 e. The van der Waals surface area contributed by atoms with Crippen LogP contribution in [0, 0.1) is 11.3 Å². The molecule has 1 unspecified atom stereocenters. The van der Waals surface area contributed by atoms with Crippen LogP contribution >= 0.6 is 11.3 Å². The van der Waals surface area contributed by atoms with E-state index in [9.17, 15) is 9.59 Å². The van der Waals surface area contributed by atoms with E-state index in [2.05, 4.69) is 31.1 Å². The number of rotatable bonds is 4. The second kappa shape index (κ2) is 6.27. The highest BCUT2D eigenvalue weighted by atomic mass is 32.1. The number of carboxylic acid groups (broad SMARTS) is 1. The van der Waals surface area contributed by atoms with Gasteiger partial charge in [0.15, 0.2) is 4.83 Å². The normalized spacial score (nSPS) is 17.9. The molecule has 0 spiro atoms. The molecule has 0 saturated carbocycles. The first-order chi connectivity index (χ1) is 11.3. The number of carboxylic acids is 1. The molecule has 0 radical (unpaired) electrons. The molecule has 1 aliphatic rings. The number of hydrogen-bond acceptors (Lipinski definition) is 5. The van der Waals surface area contributed by atoms with E-state index in [1.54, 1.807) is 11.3 Å². The van der Waals surface area contributed by atoms with Crippen molar-refractivity contribution in [3.8, 4) is 0 Å². The number of thiophene rings is 1. The number of hydrogen-bond donors (Lipinski definition) is 1. The number of carbonyl (C=O) groups is 1. The largest absolute Gasteiger partial charge is 0.481 e. The van der Waals surface area contributed by atoms with Gasteiger partial charge in [0.2, 0.25) is 0 Å². The molecule has 0 aliphatic heterocycles. The summed E-state index contributed by atoms with van der Waals surface area (Å²) in [5.41, 5.74) is 1.27. The molecule has 0 fully saturated rings. The predicted molar refractivity (Wildman–Crippen MR) is 93.5 cm³/mol. The standard InChI is InChI=1S/C17H23N3O3S/c1-17(2,3)10-6-7-11-12(9-10)24-15-14(11)16(23)20(19-18-15)8-4-5-13(21)22/h10H,4-9H2,1-3H3,(H,21,22). The lowest BCUT2D eigenvalue weighted by molar-refractivity contribution is -0.137. The second-order valence-corrected chi connectivity index (χ2v) is 8.69. The van der Waals surface area contributed by atoms with E-state index >= 15 is 0 Å². The SMILES string of the molecule is CC(C)(C)C1CCc2c(sc3nnn(CCCC(=O)O)c(=O)c23)C1. The van der Waals surface area contributed by atoms with E-state index in [1.807, 2.05) is 0 Å². The van der Waals surface area contributed by atoms with Crippen LogP contribution in [0.15, 0.2) is 4.79 Å². The highest BCUT2D eigenvalue weighted by Crippen LogP contribution is 2.41. The molecular weight excluding hydrogens is 326 g/mol. The molecule has 7 heteroatoms. The van der Waals surface area contributed by atoms with E-state index in [0.717, 1.165) is 24.8 Å². The first-order valence-electron chi connectivity index (χ1n) is 8.37. The van der Waals surface area contributed by atoms with Gasteiger partial charge in [-0.05, 0) is 42.6 Å². The maximum atomic E-state index is 12.7. The molecule has 2 heterocycles. The number of aryl methyl sites for hydroxylation is 2. The van der Waals surface area contributed by atoms with Crippen LogP contribution in [-0.4, -0.2) is 26.1 Å². The quantitative estimate of drug-likeness (QED) is 0.917. The van der Waals surface area contributed by atoms with Crippen molar-refractivity contribution < 1.29 is 9.90 Å². The average Bonchev–Trinajstić information content (AvgIpc) is 2.86. The summed E-state index contributed by atoms with van der Waals surface area (Å²) in [7, 11) is 0. The lowest BCUT2D eigenvalue weighted by Gasteiger charge is -2.33. The van der Waals surface area contributed by atoms with Crippen LogP contribution in [-0.2, 0) is 24.2 Å². The number of fused-ring (bicyclic) bond motifs is 3. The summed E-state index contributed by atoms with van der Waals surface area (Å²) in [6.07, 6.45) is 3.41. The topological polar surface area (TPSA) is 85.1 Å². The number of aromatic nitrogens is 3. The highest BCUT2D eigenvalue weighted by Gasteiger charge is 2.31.